The first-order chi connectivity index (χ1) is 12.1. The molecule has 0 aliphatic carbocycles. The molecule has 2 aromatic heterocycles. The van der Waals surface area contributed by atoms with Gasteiger partial charge in [-0.2, -0.15) is 0 Å². The van der Waals surface area contributed by atoms with Crippen LogP contribution in [0.3, 0.4) is 0 Å². The number of aromatic nitrogens is 2. The van der Waals surface area contributed by atoms with E-state index < -0.39 is 5.91 Å². The van der Waals surface area contributed by atoms with Gasteiger partial charge in [-0.3, -0.25) is 14.6 Å². The predicted octanol–water partition coefficient (Wildman–Crippen LogP) is 2.25. The van der Waals surface area contributed by atoms with Crippen LogP contribution >= 0.6 is 0 Å². The van der Waals surface area contributed by atoms with Crippen LogP contribution in [0, 0.1) is 0 Å². The number of carbonyl (C=O) groups is 2. The van der Waals surface area contributed by atoms with Crippen molar-refractivity contribution in [2.24, 2.45) is 5.73 Å². The fourth-order valence-corrected chi connectivity index (χ4v) is 2.58. The van der Waals surface area contributed by atoms with Crippen LogP contribution in [-0.4, -0.2) is 21.7 Å². The molecule has 6 heteroatoms. The topological polar surface area (TPSA) is 112 Å². The summed E-state index contributed by atoms with van der Waals surface area (Å²) < 4.78 is 0. The molecule has 25 heavy (non-hydrogen) atoms. The molecular formula is C19H16N4O2. The Morgan fingerprint density at radius 2 is 1.72 bits per heavy atom. The molecule has 0 aliphatic rings. The molecule has 0 saturated heterocycles. The van der Waals surface area contributed by atoms with Crippen molar-refractivity contribution in [3.63, 3.8) is 0 Å². The Labute approximate surface area is 144 Å². The predicted molar refractivity (Wildman–Crippen MR) is 94.9 cm³/mol. The van der Waals surface area contributed by atoms with Gasteiger partial charge in [0.05, 0.1) is 5.56 Å². The van der Waals surface area contributed by atoms with Gasteiger partial charge < -0.3 is 11.5 Å². The Morgan fingerprint density at radius 1 is 1.00 bits per heavy atom. The zero-order valence-corrected chi connectivity index (χ0v) is 13.3. The van der Waals surface area contributed by atoms with Crippen LogP contribution in [0.15, 0.2) is 61.1 Å². The van der Waals surface area contributed by atoms with E-state index in [2.05, 4.69) is 9.97 Å². The van der Waals surface area contributed by atoms with Crippen LogP contribution in [-0.2, 0) is 6.42 Å². The van der Waals surface area contributed by atoms with E-state index in [1.807, 2.05) is 0 Å². The number of ketones is 1. The Morgan fingerprint density at radius 3 is 2.44 bits per heavy atom. The molecular weight excluding hydrogens is 316 g/mol. The monoisotopic (exact) mass is 332 g/mol. The molecule has 1 amide bonds. The van der Waals surface area contributed by atoms with Gasteiger partial charge in [0.25, 0.3) is 0 Å². The van der Waals surface area contributed by atoms with Gasteiger partial charge in [-0.1, -0.05) is 18.2 Å². The smallest absolute Gasteiger partial charge is 0.249 e. The highest BCUT2D eigenvalue weighted by Gasteiger charge is 2.16. The van der Waals surface area contributed by atoms with E-state index in [-0.39, 0.29) is 18.0 Å². The van der Waals surface area contributed by atoms with Crippen LogP contribution in [0.1, 0.15) is 26.3 Å². The minimum absolute atomic E-state index is 0.152. The summed E-state index contributed by atoms with van der Waals surface area (Å²) in [7, 11) is 0. The molecule has 124 valence electrons. The maximum atomic E-state index is 12.6. The first-order valence-electron chi connectivity index (χ1n) is 7.63. The van der Waals surface area contributed by atoms with E-state index in [0.717, 1.165) is 5.56 Å². The standard InChI is InChI=1S/C19H16N4O2/c20-18-16(17(24)9-12-5-7-22-8-6-12)10-13(11-23-18)14-3-1-2-4-15(14)19(21)25/h1-8,10-11H,9H2,(H2,20,23)(H2,21,25). The number of amides is 1. The second-order valence-electron chi connectivity index (χ2n) is 5.52. The number of rotatable bonds is 5. The molecule has 0 spiro atoms. The highest BCUT2D eigenvalue weighted by atomic mass is 16.1. The highest BCUT2D eigenvalue weighted by Crippen LogP contribution is 2.26. The second-order valence-corrected chi connectivity index (χ2v) is 5.52. The summed E-state index contributed by atoms with van der Waals surface area (Å²) >= 11 is 0. The minimum atomic E-state index is -0.544. The lowest BCUT2D eigenvalue weighted by Crippen LogP contribution is -2.13. The molecule has 0 saturated carbocycles. The lowest BCUT2D eigenvalue weighted by atomic mass is 9.97. The third-order valence-corrected chi connectivity index (χ3v) is 3.84. The number of nitrogen functional groups attached to an aromatic ring is 1. The van der Waals surface area contributed by atoms with E-state index in [0.29, 0.717) is 22.3 Å². The summed E-state index contributed by atoms with van der Waals surface area (Å²) in [5.41, 5.74) is 14.0. The summed E-state index contributed by atoms with van der Waals surface area (Å²) in [4.78, 5) is 32.3. The highest BCUT2D eigenvalue weighted by molar-refractivity contribution is 6.04. The SMILES string of the molecule is NC(=O)c1ccccc1-c1cnc(N)c(C(=O)Cc2ccncc2)c1. The van der Waals surface area contributed by atoms with Crippen molar-refractivity contribution in [3.8, 4) is 11.1 Å². The summed E-state index contributed by atoms with van der Waals surface area (Å²) in [5, 5.41) is 0. The van der Waals surface area contributed by atoms with Crippen LogP contribution in [0.25, 0.3) is 11.1 Å². The maximum Gasteiger partial charge on any atom is 0.249 e. The van der Waals surface area contributed by atoms with Crippen molar-refractivity contribution < 1.29 is 9.59 Å². The number of hydrogen-bond donors (Lipinski definition) is 2. The first-order valence-corrected chi connectivity index (χ1v) is 7.63. The molecule has 1 aromatic carbocycles. The third-order valence-electron chi connectivity index (χ3n) is 3.84. The number of anilines is 1. The quantitative estimate of drug-likeness (QED) is 0.696. The fourth-order valence-electron chi connectivity index (χ4n) is 2.58. The van der Waals surface area contributed by atoms with Crippen LogP contribution in [0.4, 0.5) is 5.82 Å². The molecule has 0 aliphatic heterocycles. The largest absolute Gasteiger partial charge is 0.383 e. The summed E-state index contributed by atoms with van der Waals surface area (Å²) in [6.07, 6.45) is 4.98. The molecule has 0 radical (unpaired) electrons. The van der Waals surface area contributed by atoms with E-state index in [1.54, 1.807) is 54.9 Å². The number of nitrogens with zero attached hydrogens (tertiary/aromatic N) is 2. The van der Waals surface area contributed by atoms with Crippen molar-refractivity contribution in [1.82, 2.24) is 9.97 Å². The van der Waals surface area contributed by atoms with Crippen molar-refractivity contribution >= 4 is 17.5 Å². The number of nitrogens with two attached hydrogens (primary N) is 2. The number of benzene rings is 1. The zero-order valence-electron chi connectivity index (χ0n) is 13.3. The number of Topliss-reactive ketones (excluding diaryl/α,β-unsaturated/α-hetero) is 1. The van der Waals surface area contributed by atoms with E-state index in [4.69, 9.17) is 11.5 Å². The second kappa shape index (κ2) is 6.92. The van der Waals surface area contributed by atoms with Gasteiger partial charge in [0.1, 0.15) is 5.82 Å². The summed E-state index contributed by atoms with van der Waals surface area (Å²) in [6.45, 7) is 0. The van der Waals surface area contributed by atoms with E-state index in [9.17, 15) is 9.59 Å². The fraction of sp³-hybridized carbons (Fsp3) is 0.0526. The van der Waals surface area contributed by atoms with Crippen molar-refractivity contribution in [2.75, 3.05) is 5.73 Å². The Kier molecular flexibility index (Phi) is 4.52. The Balaban J connectivity index is 1.99. The number of primary amides is 1. The van der Waals surface area contributed by atoms with Crippen LogP contribution in [0.5, 0.6) is 0 Å². The van der Waals surface area contributed by atoms with Gasteiger partial charge in [0, 0.05) is 36.1 Å². The zero-order chi connectivity index (χ0) is 17.8. The van der Waals surface area contributed by atoms with Gasteiger partial charge in [-0.15, -0.1) is 0 Å². The molecule has 4 N–H and O–H groups in total. The lowest BCUT2D eigenvalue weighted by Gasteiger charge is -2.10. The minimum Gasteiger partial charge on any atom is -0.383 e. The molecule has 6 nitrogen and oxygen atoms in total. The Hall–Kier alpha value is -3.54. The van der Waals surface area contributed by atoms with Crippen molar-refractivity contribution in [3.05, 3.63) is 77.7 Å². The van der Waals surface area contributed by atoms with Crippen LogP contribution in [0.2, 0.25) is 0 Å². The lowest BCUT2D eigenvalue weighted by molar-refractivity contribution is 0.0988. The van der Waals surface area contributed by atoms with Gasteiger partial charge in [0.2, 0.25) is 5.91 Å². The summed E-state index contributed by atoms with van der Waals surface area (Å²) in [5.74, 6) is -0.550. The van der Waals surface area contributed by atoms with Crippen molar-refractivity contribution in [2.45, 2.75) is 6.42 Å². The third kappa shape index (κ3) is 3.53. The van der Waals surface area contributed by atoms with E-state index in [1.165, 1.54) is 6.20 Å². The van der Waals surface area contributed by atoms with Crippen molar-refractivity contribution in [1.29, 1.82) is 0 Å². The number of carbonyl (C=O) groups excluding carboxylic acids is 2. The average Bonchev–Trinajstić information content (AvgIpc) is 2.63. The average molecular weight is 332 g/mol. The van der Waals surface area contributed by atoms with Gasteiger partial charge >= 0.3 is 0 Å². The molecule has 2 heterocycles. The molecule has 0 fully saturated rings. The molecule has 0 bridgehead atoms. The number of hydrogen-bond acceptors (Lipinski definition) is 5. The van der Waals surface area contributed by atoms with Gasteiger partial charge in [-0.05, 0) is 35.4 Å². The molecule has 0 unspecified atom stereocenters. The van der Waals surface area contributed by atoms with E-state index >= 15 is 0 Å². The summed E-state index contributed by atoms with van der Waals surface area (Å²) in [6, 6.07) is 12.1. The Bertz CT molecular complexity index is 939. The van der Waals surface area contributed by atoms with Gasteiger partial charge in [-0.25, -0.2) is 4.98 Å². The van der Waals surface area contributed by atoms with Crippen LogP contribution < -0.4 is 11.5 Å². The molecule has 3 aromatic rings. The number of pyridine rings is 2. The van der Waals surface area contributed by atoms with Gasteiger partial charge in [0.15, 0.2) is 5.78 Å². The first kappa shape index (κ1) is 16.3. The normalized spacial score (nSPS) is 10.4. The maximum absolute atomic E-state index is 12.6. The molecule has 0 atom stereocenters. The molecule has 3 rings (SSSR count).